The molecule has 8 rings (SSSR count). The molecule has 1 heterocycles. The van der Waals surface area contributed by atoms with E-state index in [-0.39, 0.29) is 0 Å². The minimum atomic E-state index is 0.765. The Kier molecular flexibility index (Phi) is 6.97. The summed E-state index contributed by atoms with van der Waals surface area (Å²) in [6.45, 7) is 0.998. The van der Waals surface area contributed by atoms with E-state index in [1.54, 1.807) is 23.5 Å². The largest absolute Gasteiger partial charge is 0.310 e. The fourth-order valence-corrected chi connectivity index (χ4v) is 6.20. The van der Waals surface area contributed by atoms with Crippen molar-refractivity contribution in [3.05, 3.63) is 137 Å². The number of nitrogens with zero attached hydrogens (tertiary/aromatic N) is 2. The average Bonchev–Trinajstić information content (AvgIpc) is 3.86. The van der Waals surface area contributed by atoms with Crippen molar-refractivity contribution < 1.29 is 0 Å². The van der Waals surface area contributed by atoms with Gasteiger partial charge in [-0.15, -0.1) is 0 Å². The molecule has 198 valence electrons. The minimum Gasteiger partial charge on any atom is -0.310 e. The quantitative estimate of drug-likeness (QED) is 0.252. The van der Waals surface area contributed by atoms with Gasteiger partial charge in [-0.2, -0.15) is 10.2 Å². The average molecular weight is 522 g/mol. The second-order valence-electron chi connectivity index (χ2n) is 11.3. The Bertz CT molecular complexity index is 1660. The summed E-state index contributed by atoms with van der Waals surface area (Å²) in [6, 6.07) is 29.6. The second-order valence-corrected chi connectivity index (χ2v) is 11.3. The number of rotatable bonds is 5. The zero-order valence-corrected chi connectivity index (χ0v) is 22.9. The number of fused-ring (bicyclic) bond motifs is 5. The highest BCUT2D eigenvalue weighted by molar-refractivity contribution is 5.96. The molecule has 1 N–H and O–H groups in total. The van der Waals surface area contributed by atoms with Gasteiger partial charge in [0.1, 0.15) is 0 Å². The molecule has 0 atom stereocenters. The Morgan fingerprint density at radius 1 is 0.700 bits per heavy atom. The first-order chi connectivity index (χ1) is 19.8. The summed E-state index contributed by atoms with van der Waals surface area (Å²) in [6.07, 6.45) is 16.8. The van der Waals surface area contributed by atoms with Crippen molar-refractivity contribution in [1.82, 2.24) is 15.5 Å². The molecule has 0 saturated heterocycles. The Morgan fingerprint density at radius 2 is 1.45 bits per heavy atom. The highest BCUT2D eigenvalue weighted by atomic mass is 15.1. The topological polar surface area (TPSA) is 37.8 Å². The molecule has 1 saturated carbocycles. The summed E-state index contributed by atoms with van der Waals surface area (Å²) in [4.78, 5) is 0. The molecule has 3 nitrogen and oxygen atoms in total. The van der Waals surface area contributed by atoms with E-state index in [4.69, 9.17) is 0 Å². The molecule has 3 heteroatoms. The van der Waals surface area contributed by atoms with Gasteiger partial charge in [0, 0.05) is 23.4 Å². The van der Waals surface area contributed by atoms with E-state index in [2.05, 4.69) is 82.3 Å². The Morgan fingerprint density at radius 3 is 2.23 bits per heavy atom. The molecular weight excluding hydrogens is 486 g/mol. The van der Waals surface area contributed by atoms with E-state index in [9.17, 15) is 0 Å². The van der Waals surface area contributed by atoms with E-state index in [1.165, 1.54) is 77.1 Å². The Hall–Kier alpha value is -4.08. The third-order valence-corrected chi connectivity index (χ3v) is 8.53. The maximum Gasteiger partial charge on any atom is 0.0574 e. The van der Waals surface area contributed by atoms with Gasteiger partial charge < -0.3 is 5.32 Å². The van der Waals surface area contributed by atoms with Gasteiger partial charge in [0.05, 0.1) is 12.4 Å². The molecule has 40 heavy (non-hydrogen) atoms. The van der Waals surface area contributed by atoms with E-state index in [1.807, 2.05) is 24.3 Å². The number of hydrogen-bond acceptors (Lipinski definition) is 3. The van der Waals surface area contributed by atoms with Crippen LogP contribution in [0.3, 0.4) is 0 Å². The number of nitrogens with one attached hydrogen (secondary N) is 1. The van der Waals surface area contributed by atoms with E-state index in [0.717, 1.165) is 29.8 Å². The highest BCUT2D eigenvalue weighted by Crippen LogP contribution is 2.41. The summed E-state index contributed by atoms with van der Waals surface area (Å²) in [7, 11) is 0. The van der Waals surface area contributed by atoms with Crippen LogP contribution in [-0.4, -0.2) is 16.2 Å². The van der Waals surface area contributed by atoms with Gasteiger partial charge in [0.25, 0.3) is 0 Å². The lowest BCUT2D eigenvalue weighted by molar-refractivity contribution is 0.687. The third kappa shape index (κ3) is 5.35. The Labute approximate surface area is 236 Å². The molecule has 3 aliphatic carbocycles. The predicted octanol–water partition coefficient (Wildman–Crippen LogP) is 8.36. The molecule has 4 aromatic carbocycles. The van der Waals surface area contributed by atoms with Gasteiger partial charge in [-0.3, -0.25) is 0 Å². The van der Waals surface area contributed by atoms with Crippen LogP contribution >= 0.6 is 0 Å². The van der Waals surface area contributed by atoms with Crippen LogP contribution in [0.4, 0.5) is 0 Å². The molecule has 0 unspecified atom stereocenters. The first-order valence-corrected chi connectivity index (χ1v) is 14.7. The fourth-order valence-electron chi connectivity index (χ4n) is 6.20. The number of allylic oxidation sites excluding steroid dienone is 4. The van der Waals surface area contributed by atoms with Crippen LogP contribution < -0.4 is 5.32 Å². The van der Waals surface area contributed by atoms with Gasteiger partial charge in [-0.25, -0.2) is 0 Å². The minimum absolute atomic E-state index is 0.765. The number of hydrogen-bond donors (Lipinski definition) is 1. The van der Waals surface area contributed by atoms with Gasteiger partial charge >= 0.3 is 0 Å². The first-order valence-electron chi connectivity index (χ1n) is 14.7. The molecule has 0 radical (unpaired) electrons. The van der Waals surface area contributed by atoms with Crippen LogP contribution in [0.5, 0.6) is 0 Å². The highest BCUT2D eigenvalue weighted by Gasteiger charge is 2.22. The smallest absolute Gasteiger partial charge is 0.0574 e. The van der Waals surface area contributed by atoms with E-state index >= 15 is 0 Å². The zero-order chi connectivity index (χ0) is 26.7. The van der Waals surface area contributed by atoms with Crippen molar-refractivity contribution in [2.75, 3.05) is 0 Å². The molecule has 3 aliphatic rings. The van der Waals surface area contributed by atoms with Crippen LogP contribution in [0.2, 0.25) is 0 Å². The molecule has 1 fully saturated rings. The van der Waals surface area contributed by atoms with Gasteiger partial charge in [0.2, 0.25) is 0 Å². The molecule has 0 aliphatic heterocycles. The number of aryl methyl sites for hydroxylation is 1. The van der Waals surface area contributed by atoms with Crippen LogP contribution in [-0.2, 0) is 19.4 Å². The number of aromatic nitrogens is 2. The molecular formula is C37H35N3. The standard InChI is InChI=1S/C29H29N.C8H6N2/c1-2-7-26-22(4-1)12-17-28-27(26)16-13-23-5-3-6-24(29(23)28)18-20-8-10-21(11-9-20)19-30-25-14-15-25;1-2-4-8-6-10-9-5-7(8)3-1/h2-3,5-11,13,16,25,30H,1,4,12,14-15,17-19H2;1-6H. The lowest BCUT2D eigenvalue weighted by Crippen LogP contribution is -2.15. The summed E-state index contributed by atoms with van der Waals surface area (Å²) in [5.41, 5.74) is 10.5. The lowest BCUT2D eigenvalue weighted by Gasteiger charge is -2.26. The van der Waals surface area contributed by atoms with Crippen molar-refractivity contribution in [3.8, 4) is 0 Å². The van der Waals surface area contributed by atoms with Gasteiger partial charge in [-0.1, -0.05) is 96.6 Å². The van der Waals surface area contributed by atoms with Crippen molar-refractivity contribution in [2.24, 2.45) is 0 Å². The SMILES string of the molecule is C1=CC2=C(CC1)CCc1c2ccc2cccc(Cc3ccc(CNC4CC4)cc3)c12.c1ccc2cnncc2c1. The fraction of sp³-hybridized carbons (Fsp3) is 0.243. The summed E-state index contributed by atoms with van der Waals surface area (Å²) >= 11 is 0. The predicted molar refractivity (Wildman–Crippen MR) is 166 cm³/mol. The molecule has 0 bridgehead atoms. The van der Waals surface area contributed by atoms with Crippen molar-refractivity contribution in [1.29, 1.82) is 0 Å². The summed E-state index contributed by atoms with van der Waals surface area (Å²) in [5.74, 6) is 0. The van der Waals surface area contributed by atoms with Crippen molar-refractivity contribution in [2.45, 2.75) is 57.5 Å². The van der Waals surface area contributed by atoms with Crippen molar-refractivity contribution in [3.63, 3.8) is 0 Å². The van der Waals surface area contributed by atoms with Gasteiger partial charge in [0.15, 0.2) is 0 Å². The monoisotopic (exact) mass is 521 g/mol. The van der Waals surface area contributed by atoms with Crippen LogP contribution in [0, 0.1) is 0 Å². The van der Waals surface area contributed by atoms with Crippen LogP contribution in [0.15, 0.2) is 109 Å². The maximum absolute atomic E-state index is 3.76. The van der Waals surface area contributed by atoms with Crippen LogP contribution in [0.1, 0.15) is 59.9 Å². The van der Waals surface area contributed by atoms with Gasteiger partial charge in [-0.05, 0) is 89.1 Å². The molecule has 1 aromatic heterocycles. The van der Waals surface area contributed by atoms with Crippen molar-refractivity contribution >= 4 is 27.1 Å². The first kappa shape index (κ1) is 24.9. The Balaban J connectivity index is 0.000000222. The van der Waals surface area contributed by atoms with Crippen LogP contribution in [0.25, 0.3) is 27.1 Å². The lowest BCUT2D eigenvalue weighted by atomic mass is 9.78. The summed E-state index contributed by atoms with van der Waals surface area (Å²) in [5, 5.41) is 16.3. The molecule has 0 spiro atoms. The zero-order valence-electron chi connectivity index (χ0n) is 22.9. The summed E-state index contributed by atoms with van der Waals surface area (Å²) < 4.78 is 0. The van der Waals surface area contributed by atoms with E-state index < -0.39 is 0 Å². The molecule has 0 amide bonds. The normalized spacial score (nSPS) is 15.9. The third-order valence-electron chi connectivity index (χ3n) is 8.53. The van der Waals surface area contributed by atoms with E-state index in [0.29, 0.717) is 0 Å². The second kappa shape index (κ2) is 11.2. The number of benzene rings is 4. The molecule has 5 aromatic rings. The maximum atomic E-state index is 3.76.